The van der Waals surface area contributed by atoms with Gasteiger partial charge in [-0.15, -0.1) is 0 Å². The van der Waals surface area contributed by atoms with Crippen LogP contribution in [-0.4, -0.2) is 21.5 Å². The molecule has 0 heterocycles. The zero-order valence-electron chi connectivity index (χ0n) is 12.1. The van der Waals surface area contributed by atoms with Crippen LogP contribution >= 0.6 is 0 Å². The molecule has 0 aliphatic heterocycles. The Morgan fingerprint density at radius 3 is 2.24 bits per heavy atom. The minimum Gasteiger partial charge on any atom is -0.493 e. The van der Waals surface area contributed by atoms with Gasteiger partial charge in [-0.2, -0.15) is 0 Å². The van der Waals surface area contributed by atoms with Crippen LogP contribution in [0.1, 0.15) is 40.0 Å². The van der Waals surface area contributed by atoms with E-state index in [4.69, 9.17) is 9.16 Å². The Kier molecular flexibility index (Phi) is 7.52. The molecule has 0 N–H and O–H groups in total. The van der Waals surface area contributed by atoms with E-state index >= 15 is 0 Å². The molecule has 0 amide bonds. The standard InChI is InChI=1S/C14H28O2Si/c1-7-11-15-12-9-8-10-13-16-17(5,6)14(2,3)4/h11H,1,8-10,12-13H2,2-6H3. The second kappa shape index (κ2) is 7.75. The number of rotatable bonds is 8. The lowest BCUT2D eigenvalue weighted by molar-refractivity contribution is 0.231. The van der Waals surface area contributed by atoms with Gasteiger partial charge in [-0.05, 0) is 37.4 Å². The van der Waals surface area contributed by atoms with E-state index in [-0.39, 0.29) is 0 Å². The molecule has 0 fully saturated rings. The second-order valence-corrected chi connectivity index (χ2v) is 10.7. The smallest absolute Gasteiger partial charge is 0.191 e. The molecule has 0 aromatic rings. The van der Waals surface area contributed by atoms with Gasteiger partial charge in [0, 0.05) is 6.61 Å². The number of hydrogen-bond donors (Lipinski definition) is 0. The molecule has 0 unspecified atom stereocenters. The molecule has 0 bridgehead atoms. The van der Waals surface area contributed by atoms with E-state index in [0.29, 0.717) is 5.04 Å². The molecule has 0 aromatic carbocycles. The predicted octanol–water partition coefficient (Wildman–Crippen LogP) is 4.49. The highest BCUT2D eigenvalue weighted by atomic mass is 28.4. The van der Waals surface area contributed by atoms with Crippen LogP contribution in [0.15, 0.2) is 18.6 Å². The molecule has 0 aromatic heterocycles. The summed E-state index contributed by atoms with van der Waals surface area (Å²) in [6, 6.07) is 0. The lowest BCUT2D eigenvalue weighted by atomic mass is 10.2. The van der Waals surface area contributed by atoms with Crippen molar-refractivity contribution in [2.75, 3.05) is 13.2 Å². The average Bonchev–Trinajstić information content (AvgIpc) is 2.20. The van der Waals surface area contributed by atoms with Crippen molar-refractivity contribution in [3.05, 3.63) is 18.6 Å². The summed E-state index contributed by atoms with van der Waals surface area (Å²) in [4.78, 5) is 0. The zero-order chi connectivity index (χ0) is 13.4. The van der Waals surface area contributed by atoms with E-state index in [2.05, 4.69) is 46.2 Å². The maximum absolute atomic E-state index is 6.09. The zero-order valence-corrected chi connectivity index (χ0v) is 13.1. The van der Waals surface area contributed by atoms with Crippen molar-refractivity contribution in [2.24, 2.45) is 0 Å². The molecule has 3 heteroatoms. The maximum atomic E-state index is 6.09. The minimum absolute atomic E-state index is 0.310. The minimum atomic E-state index is -1.54. The molecule has 2 nitrogen and oxygen atoms in total. The quantitative estimate of drug-likeness (QED) is 0.276. The molecule has 0 saturated carbocycles. The predicted molar refractivity (Wildman–Crippen MR) is 76.7 cm³/mol. The molecule has 0 saturated heterocycles. The normalized spacial score (nSPS) is 12.1. The lowest BCUT2D eigenvalue weighted by Gasteiger charge is -2.36. The van der Waals surface area contributed by atoms with Crippen LogP contribution < -0.4 is 0 Å². The lowest BCUT2D eigenvalue weighted by Crippen LogP contribution is -2.40. The van der Waals surface area contributed by atoms with Crippen LogP contribution in [0.3, 0.4) is 0 Å². The summed E-state index contributed by atoms with van der Waals surface area (Å²) >= 11 is 0. The molecule has 0 aliphatic rings. The third kappa shape index (κ3) is 7.43. The van der Waals surface area contributed by atoms with Gasteiger partial charge in [0.25, 0.3) is 0 Å². The molecular weight excluding hydrogens is 228 g/mol. The maximum Gasteiger partial charge on any atom is 0.191 e. The van der Waals surface area contributed by atoms with Gasteiger partial charge >= 0.3 is 0 Å². The van der Waals surface area contributed by atoms with E-state index in [1.807, 2.05) is 0 Å². The fourth-order valence-corrected chi connectivity index (χ4v) is 2.21. The van der Waals surface area contributed by atoms with Crippen molar-refractivity contribution in [1.29, 1.82) is 0 Å². The van der Waals surface area contributed by atoms with Crippen LogP contribution in [0.4, 0.5) is 0 Å². The third-order valence-corrected chi connectivity index (χ3v) is 7.88. The highest BCUT2D eigenvalue weighted by Gasteiger charge is 2.36. The molecule has 0 rings (SSSR count). The van der Waals surface area contributed by atoms with E-state index in [0.717, 1.165) is 32.5 Å². The summed E-state index contributed by atoms with van der Waals surface area (Å²) in [5, 5.41) is 0.310. The molecule has 0 aliphatic carbocycles. The van der Waals surface area contributed by atoms with Crippen LogP contribution in [0, 0.1) is 0 Å². The topological polar surface area (TPSA) is 18.5 Å². The van der Waals surface area contributed by atoms with Crippen molar-refractivity contribution >= 4 is 8.32 Å². The van der Waals surface area contributed by atoms with Gasteiger partial charge in [0.15, 0.2) is 8.32 Å². The Morgan fingerprint density at radius 2 is 1.71 bits per heavy atom. The van der Waals surface area contributed by atoms with Gasteiger partial charge in [-0.1, -0.05) is 33.1 Å². The highest BCUT2D eigenvalue weighted by molar-refractivity contribution is 6.74. The third-order valence-electron chi connectivity index (χ3n) is 3.34. The summed E-state index contributed by atoms with van der Waals surface area (Å²) in [5.74, 6) is 0. The largest absolute Gasteiger partial charge is 0.493 e. The van der Waals surface area contributed by atoms with Crippen molar-refractivity contribution in [3.8, 4) is 0 Å². The van der Waals surface area contributed by atoms with Gasteiger partial charge in [-0.25, -0.2) is 0 Å². The van der Waals surface area contributed by atoms with Crippen molar-refractivity contribution in [2.45, 2.75) is 58.2 Å². The van der Waals surface area contributed by atoms with Gasteiger partial charge < -0.3 is 9.16 Å². The highest BCUT2D eigenvalue weighted by Crippen LogP contribution is 2.36. The first-order chi connectivity index (χ1) is 7.81. The molecule has 0 radical (unpaired) electrons. The van der Waals surface area contributed by atoms with Gasteiger partial charge in [0.05, 0.1) is 6.61 Å². The number of unbranched alkanes of at least 4 members (excludes halogenated alkanes) is 2. The molecule has 17 heavy (non-hydrogen) atoms. The summed E-state index contributed by atoms with van der Waals surface area (Å²) in [7, 11) is -1.54. The Bertz CT molecular complexity index is 247. The van der Waals surface area contributed by atoms with Gasteiger partial charge in [0.1, 0.15) is 6.26 Å². The first-order valence-corrected chi connectivity index (χ1v) is 9.32. The Hall–Kier alpha value is -0.503. The summed E-state index contributed by atoms with van der Waals surface area (Å²) in [6.45, 7) is 16.5. The number of ether oxygens (including phenoxy) is 1. The van der Waals surface area contributed by atoms with E-state index in [9.17, 15) is 0 Å². The Labute approximate surface area is 108 Å². The summed E-state index contributed by atoms with van der Waals surface area (Å²) in [5.41, 5.74) is 2.59. The van der Waals surface area contributed by atoms with Crippen molar-refractivity contribution in [1.82, 2.24) is 0 Å². The van der Waals surface area contributed by atoms with Crippen LogP contribution in [-0.2, 0) is 9.16 Å². The first-order valence-electron chi connectivity index (χ1n) is 6.41. The fourth-order valence-electron chi connectivity index (χ4n) is 1.13. The SMILES string of the molecule is C=C=COCCCCCO[Si](C)(C)C(C)(C)C. The fraction of sp³-hybridized carbons (Fsp3) is 0.786. The molecule has 0 atom stereocenters. The molecular formula is C14H28O2Si. The second-order valence-electron chi connectivity index (χ2n) is 5.86. The van der Waals surface area contributed by atoms with Crippen LogP contribution in [0.25, 0.3) is 0 Å². The number of hydrogen-bond acceptors (Lipinski definition) is 2. The van der Waals surface area contributed by atoms with Gasteiger partial charge in [0.2, 0.25) is 0 Å². The van der Waals surface area contributed by atoms with E-state index in [1.54, 1.807) is 0 Å². The molecule has 100 valence electrons. The summed E-state index contributed by atoms with van der Waals surface area (Å²) in [6.07, 6.45) is 4.86. The summed E-state index contributed by atoms with van der Waals surface area (Å²) < 4.78 is 11.2. The Morgan fingerprint density at radius 1 is 1.12 bits per heavy atom. The van der Waals surface area contributed by atoms with E-state index in [1.165, 1.54) is 6.26 Å². The van der Waals surface area contributed by atoms with Crippen molar-refractivity contribution < 1.29 is 9.16 Å². The monoisotopic (exact) mass is 256 g/mol. The van der Waals surface area contributed by atoms with E-state index < -0.39 is 8.32 Å². The van der Waals surface area contributed by atoms with Gasteiger partial charge in [-0.3, -0.25) is 0 Å². The molecule has 0 spiro atoms. The van der Waals surface area contributed by atoms with Crippen LogP contribution in [0.5, 0.6) is 0 Å². The Balaban J connectivity index is 3.55. The average molecular weight is 256 g/mol. The van der Waals surface area contributed by atoms with Crippen molar-refractivity contribution in [3.63, 3.8) is 0 Å². The first kappa shape index (κ1) is 16.5. The van der Waals surface area contributed by atoms with Crippen LogP contribution in [0.2, 0.25) is 18.1 Å².